The van der Waals surface area contributed by atoms with Gasteiger partial charge in [0.15, 0.2) is 0 Å². The lowest BCUT2D eigenvalue weighted by molar-refractivity contribution is 0.172. The summed E-state index contributed by atoms with van der Waals surface area (Å²) in [7, 11) is 0. The first kappa shape index (κ1) is 14.6. The average molecular weight is 293 g/mol. The molecule has 1 aromatic carbocycles. The number of hydrogen-bond donors (Lipinski definition) is 1. The second kappa shape index (κ2) is 7.68. The summed E-state index contributed by atoms with van der Waals surface area (Å²) >= 11 is 3.51. The second-order valence-electron chi connectivity index (χ2n) is 4.34. The standard InChI is InChI=1S/C15H19NOS2/c1-2-18-9-8-13(17)10-15-16-14(11-19-15)12-6-4-3-5-7-12/h3-7,11,13,17H,2,8-10H2,1H3. The van der Waals surface area contributed by atoms with Crippen LogP contribution < -0.4 is 0 Å². The maximum absolute atomic E-state index is 9.96. The molecule has 0 spiro atoms. The minimum atomic E-state index is -0.270. The summed E-state index contributed by atoms with van der Waals surface area (Å²) in [6.07, 6.45) is 1.24. The van der Waals surface area contributed by atoms with Gasteiger partial charge in [-0.25, -0.2) is 4.98 Å². The maximum Gasteiger partial charge on any atom is 0.0958 e. The Morgan fingerprint density at radius 1 is 1.32 bits per heavy atom. The molecule has 0 aliphatic carbocycles. The minimum absolute atomic E-state index is 0.270. The minimum Gasteiger partial charge on any atom is -0.393 e. The van der Waals surface area contributed by atoms with Crippen LogP contribution in [0, 0.1) is 0 Å². The first-order valence-corrected chi connectivity index (χ1v) is 8.58. The molecule has 0 aliphatic rings. The van der Waals surface area contributed by atoms with Gasteiger partial charge in [0.1, 0.15) is 0 Å². The molecule has 0 radical (unpaired) electrons. The molecule has 1 N–H and O–H groups in total. The lowest BCUT2D eigenvalue weighted by atomic mass is 10.2. The van der Waals surface area contributed by atoms with Gasteiger partial charge in [0.2, 0.25) is 0 Å². The van der Waals surface area contributed by atoms with Gasteiger partial charge in [-0.15, -0.1) is 11.3 Å². The van der Waals surface area contributed by atoms with Crippen LogP contribution in [0.3, 0.4) is 0 Å². The van der Waals surface area contributed by atoms with Gasteiger partial charge in [0, 0.05) is 17.4 Å². The van der Waals surface area contributed by atoms with Crippen LogP contribution in [0.15, 0.2) is 35.7 Å². The molecule has 0 fully saturated rings. The van der Waals surface area contributed by atoms with Crippen LogP contribution in [-0.2, 0) is 6.42 Å². The van der Waals surface area contributed by atoms with Crippen molar-refractivity contribution in [2.24, 2.45) is 0 Å². The highest BCUT2D eigenvalue weighted by atomic mass is 32.2. The predicted octanol–water partition coefficient (Wildman–Crippen LogP) is 3.86. The van der Waals surface area contributed by atoms with E-state index in [-0.39, 0.29) is 6.10 Å². The van der Waals surface area contributed by atoms with E-state index in [9.17, 15) is 5.11 Å². The molecule has 1 heterocycles. The fourth-order valence-corrected chi connectivity index (χ4v) is 3.42. The fourth-order valence-electron chi connectivity index (χ4n) is 1.81. The van der Waals surface area contributed by atoms with E-state index in [2.05, 4.69) is 29.4 Å². The van der Waals surface area contributed by atoms with Crippen LogP contribution in [0.5, 0.6) is 0 Å². The number of thiazole rings is 1. The molecular weight excluding hydrogens is 274 g/mol. The van der Waals surface area contributed by atoms with Crippen molar-refractivity contribution in [3.8, 4) is 11.3 Å². The third kappa shape index (κ3) is 4.64. The summed E-state index contributed by atoms with van der Waals surface area (Å²) < 4.78 is 0. The van der Waals surface area contributed by atoms with Gasteiger partial charge in [-0.05, 0) is 17.9 Å². The number of aromatic nitrogens is 1. The lowest BCUT2D eigenvalue weighted by Crippen LogP contribution is -2.11. The van der Waals surface area contributed by atoms with Crippen molar-refractivity contribution in [1.29, 1.82) is 0 Å². The third-order valence-corrected chi connectivity index (χ3v) is 4.63. The summed E-state index contributed by atoms with van der Waals surface area (Å²) in [6.45, 7) is 2.14. The number of hydrogen-bond acceptors (Lipinski definition) is 4. The van der Waals surface area contributed by atoms with E-state index < -0.39 is 0 Å². The normalized spacial score (nSPS) is 12.5. The molecule has 2 aromatic rings. The van der Waals surface area contributed by atoms with E-state index in [4.69, 9.17) is 0 Å². The molecule has 2 nitrogen and oxygen atoms in total. The second-order valence-corrected chi connectivity index (χ2v) is 6.67. The number of nitrogens with zero attached hydrogens (tertiary/aromatic N) is 1. The van der Waals surface area contributed by atoms with Crippen molar-refractivity contribution < 1.29 is 5.11 Å². The number of aliphatic hydroxyl groups is 1. The van der Waals surface area contributed by atoms with E-state index in [1.165, 1.54) is 0 Å². The Hall–Kier alpha value is -0.840. The molecule has 1 aromatic heterocycles. The summed E-state index contributed by atoms with van der Waals surface area (Å²) in [4.78, 5) is 4.60. The van der Waals surface area contributed by atoms with Gasteiger partial charge < -0.3 is 5.11 Å². The first-order chi connectivity index (χ1) is 9.29. The van der Waals surface area contributed by atoms with E-state index >= 15 is 0 Å². The molecule has 1 unspecified atom stereocenters. The average Bonchev–Trinajstić information content (AvgIpc) is 2.88. The van der Waals surface area contributed by atoms with Gasteiger partial charge >= 0.3 is 0 Å². The number of aliphatic hydroxyl groups excluding tert-OH is 1. The van der Waals surface area contributed by atoms with Crippen molar-refractivity contribution in [2.75, 3.05) is 11.5 Å². The molecule has 4 heteroatoms. The van der Waals surface area contributed by atoms with E-state index in [1.54, 1.807) is 11.3 Å². The van der Waals surface area contributed by atoms with Gasteiger partial charge in [0.05, 0.1) is 16.8 Å². The van der Waals surface area contributed by atoms with E-state index in [0.717, 1.165) is 34.2 Å². The van der Waals surface area contributed by atoms with Crippen LogP contribution in [0.1, 0.15) is 18.4 Å². The Bertz CT molecular complexity index is 484. The monoisotopic (exact) mass is 293 g/mol. The summed E-state index contributed by atoms with van der Waals surface area (Å²) in [6, 6.07) is 10.2. The van der Waals surface area contributed by atoms with Gasteiger partial charge in [-0.2, -0.15) is 11.8 Å². The van der Waals surface area contributed by atoms with Crippen LogP contribution in [0.25, 0.3) is 11.3 Å². The van der Waals surface area contributed by atoms with Crippen LogP contribution in [0.2, 0.25) is 0 Å². The zero-order valence-electron chi connectivity index (χ0n) is 11.1. The fraction of sp³-hybridized carbons (Fsp3) is 0.400. The smallest absolute Gasteiger partial charge is 0.0958 e. The zero-order chi connectivity index (χ0) is 13.5. The molecule has 0 amide bonds. The molecule has 0 saturated carbocycles. The van der Waals surface area contributed by atoms with Crippen LogP contribution >= 0.6 is 23.1 Å². The van der Waals surface area contributed by atoms with Gasteiger partial charge in [-0.1, -0.05) is 37.3 Å². The molecule has 0 bridgehead atoms. The Kier molecular flexibility index (Phi) is 5.89. The van der Waals surface area contributed by atoms with E-state index in [0.29, 0.717) is 6.42 Å². The molecular formula is C15H19NOS2. The van der Waals surface area contributed by atoms with Crippen molar-refractivity contribution in [3.63, 3.8) is 0 Å². The Morgan fingerprint density at radius 2 is 2.11 bits per heavy atom. The molecule has 0 saturated heterocycles. The highest BCUT2D eigenvalue weighted by Crippen LogP contribution is 2.22. The molecule has 0 aliphatic heterocycles. The highest BCUT2D eigenvalue weighted by Gasteiger charge is 2.10. The van der Waals surface area contributed by atoms with Crippen molar-refractivity contribution in [2.45, 2.75) is 25.9 Å². The number of thioether (sulfide) groups is 1. The van der Waals surface area contributed by atoms with Crippen LogP contribution in [0.4, 0.5) is 0 Å². The SMILES string of the molecule is CCSCCC(O)Cc1nc(-c2ccccc2)cs1. The quantitative estimate of drug-likeness (QED) is 0.787. The Balaban J connectivity index is 1.91. The topological polar surface area (TPSA) is 33.1 Å². The molecule has 19 heavy (non-hydrogen) atoms. The summed E-state index contributed by atoms with van der Waals surface area (Å²) in [5.74, 6) is 2.14. The zero-order valence-corrected chi connectivity index (χ0v) is 12.7. The molecule has 102 valence electrons. The van der Waals surface area contributed by atoms with Gasteiger partial charge in [-0.3, -0.25) is 0 Å². The highest BCUT2D eigenvalue weighted by molar-refractivity contribution is 7.99. The third-order valence-electron chi connectivity index (χ3n) is 2.83. The Labute approximate surface area is 122 Å². The summed E-state index contributed by atoms with van der Waals surface area (Å²) in [5.41, 5.74) is 2.15. The number of benzene rings is 1. The largest absolute Gasteiger partial charge is 0.393 e. The molecule has 1 atom stereocenters. The predicted molar refractivity (Wildman–Crippen MR) is 84.9 cm³/mol. The first-order valence-electron chi connectivity index (χ1n) is 6.55. The Morgan fingerprint density at radius 3 is 2.84 bits per heavy atom. The van der Waals surface area contributed by atoms with Crippen molar-refractivity contribution in [3.05, 3.63) is 40.7 Å². The summed E-state index contributed by atoms with van der Waals surface area (Å²) in [5, 5.41) is 13.1. The van der Waals surface area contributed by atoms with E-state index in [1.807, 2.05) is 30.0 Å². The van der Waals surface area contributed by atoms with Gasteiger partial charge in [0.25, 0.3) is 0 Å². The lowest BCUT2D eigenvalue weighted by Gasteiger charge is -2.07. The number of rotatable bonds is 7. The maximum atomic E-state index is 9.96. The van der Waals surface area contributed by atoms with Crippen molar-refractivity contribution >= 4 is 23.1 Å². The van der Waals surface area contributed by atoms with Crippen LogP contribution in [-0.4, -0.2) is 27.7 Å². The van der Waals surface area contributed by atoms with Crippen molar-refractivity contribution in [1.82, 2.24) is 4.98 Å². The molecule has 2 rings (SSSR count).